The topological polar surface area (TPSA) is 102 Å². The molecule has 0 bridgehead atoms. The van der Waals surface area contributed by atoms with Gasteiger partial charge in [0.05, 0.1) is 18.6 Å². The number of fused-ring (bicyclic) bond motifs is 2. The summed E-state index contributed by atoms with van der Waals surface area (Å²) in [6.45, 7) is 1.75. The molecule has 0 saturated heterocycles. The Morgan fingerprint density at radius 3 is 2.83 bits per heavy atom. The van der Waals surface area contributed by atoms with E-state index in [-0.39, 0.29) is 5.56 Å². The van der Waals surface area contributed by atoms with Crippen LogP contribution in [0.1, 0.15) is 12.0 Å². The van der Waals surface area contributed by atoms with Crippen LogP contribution in [0.15, 0.2) is 59.8 Å². The van der Waals surface area contributed by atoms with Crippen LogP contribution in [0.5, 0.6) is 11.5 Å². The zero-order valence-corrected chi connectivity index (χ0v) is 16.1. The molecule has 0 saturated carbocycles. The first-order valence-corrected chi connectivity index (χ1v) is 9.70. The van der Waals surface area contributed by atoms with Gasteiger partial charge in [-0.3, -0.25) is 14.8 Å². The van der Waals surface area contributed by atoms with Crippen LogP contribution in [-0.4, -0.2) is 33.1 Å². The second-order valence-corrected chi connectivity index (χ2v) is 6.90. The van der Waals surface area contributed by atoms with Crippen molar-refractivity contribution in [1.82, 2.24) is 19.9 Å². The Morgan fingerprint density at radius 1 is 1.07 bits per heavy atom. The normalized spacial score (nSPS) is 13.1. The van der Waals surface area contributed by atoms with E-state index in [0.29, 0.717) is 36.7 Å². The fraction of sp³-hybridized carbons (Fsp3) is 0.182. The number of aromatic amines is 1. The summed E-state index contributed by atoms with van der Waals surface area (Å²) in [5.74, 6) is 1.84. The van der Waals surface area contributed by atoms with Gasteiger partial charge in [-0.15, -0.1) is 0 Å². The minimum atomic E-state index is -0.256. The fourth-order valence-corrected chi connectivity index (χ4v) is 3.41. The van der Waals surface area contributed by atoms with Crippen LogP contribution in [-0.2, 0) is 6.54 Å². The lowest BCUT2D eigenvalue weighted by molar-refractivity contribution is 0.297. The Morgan fingerprint density at radius 2 is 1.97 bits per heavy atom. The maximum absolute atomic E-state index is 12.8. The van der Waals surface area contributed by atoms with Crippen molar-refractivity contribution in [3.05, 3.63) is 70.9 Å². The number of pyridine rings is 2. The number of nitrogens with zero attached hydrogens (tertiary/aromatic N) is 3. The molecule has 1 aromatic carbocycles. The van der Waals surface area contributed by atoms with E-state index in [4.69, 9.17) is 9.47 Å². The summed E-state index contributed by atoms with van der Waals surface area (Å²) in [6, 6.07) is 11.3. The molecule has 8 heteroatoms. The highest BCUT2D eigenvalue weighted by molar-refractivity contribution is 5.91. The third-order valence-electron chi connectivity index (χ3n) is 4.85. The predicted octanol–water partition coefficient (Wildman–Crippen LogP) is 3.15. The number of ether oxygens (including phenoxy) is 2. The SMILES string of the molecule is O=c1[nH]c(NCc2ccc3c(c2)OCCCO3)nc2nccc(-c3cccnc3)c12. The maximum atomic E-state index is 12.8. The molecule has 5 rings (SSSR count). The summed E-state index contributed by atoms with van der Waals surface area (Å²) < 4.78 is 11.4. The molecule has 4 heterocycles. The van der Waals surface area contributed by atoms with E-state index in [2.05, 4.69) is 25.3 Å². The Kier molecular flexibility index (Phi) is 4.72. The minimum Gasteiger partial charge on any atom is -0.490 e. The van der Waals surface area contributed by atoms with Crippen molar-refractivity contribution in [2.45, 2.75) is 13.0 Å². The number of aromatic nitrogens is 4. The molecule has 150 valence electrons. The number of nitrogens with one attached hydrogen (secondary N) is 2. The molecular formula is C22H19N5O3. The molecule has 8 nitrogen and oxygen atoms in total. The van der Waals surface area contributed by atoms with E-state index in [1.54, 1.807) is 24.7 Å². The van der Waals surface area contributed by atoms with Crippen LogP contribution in [0.2, 0.25) is 0 Å². The Hall–Kier alpha value is -3.94. The zero-order chi connectivity index (χ0) is 20.3. The van der Waals surface area contributed by atoms with Gasteiger partial charge in [0.1, 0.15) is 0 Å². The molecular weight excluding hydrogens is 382 g/mol. The van der Waals surface area contributed by atoms with Crippen molar-refractivity contribution in [3.63, 3.8) is 0 Å². The summed E-state index contributed by atoms with van der Waals surface area (Å²) in [5, 5.41) is 3.60. The van der Waals surface area contributed by atoms with E-state index in [1.807, 2.05) is 30.3 Å². The zero-order valence-electron chi connectivity index (χ0n) is 16.1. The molecule has 4 aromatic rings. The molecule has 1 aliphatic heterocycles. The first-order chi connectivity index (χ1) is 14.8. The predicted molar refractivity (Wildman–Crippen MR) is 113 cm³/mol. The van der Waals surface area contributed by atoms with E-state index in [1.165, 1.54) is 0 Å². The second-order valence-electron chi connectivity index (χ2n) is 6.90. The maximum Gasteiger partial charge on any atom is 0.262 e. The lowest BCUT2D eigenvalue weighted by Crippen LogP contribution is -2.14. The smallest absolute Gasteiger partial charge is 0.262 e. The highest BCUT2D eigenvalue weighted by atomic mass is 16.5. The number of hydrogen-bond donors (Lipinski definition) is 2. The van der Waals surface area contributed by atoms with Crippen LogP contribution in [0.25, 0.3) is 22.2 Å². The van der Waals surface area contributed by atoms with Crippen LogP contribution < -0.4 is 20.3 Å². The number of hydrogen-bond acceptors (Lipinski definition) is 7. The van der Waals surface area contributed by atoms with Crippen LogP contribution in [0.3, 0.4) is 0 Å². The molecule has 0 fully saturated rings. The van der Waals surface area contributed by atoms with E-state index < -0.39 is 0 Å². The second kappa shape index (κ2) is 7.82. The van der Waals surface area contributed by atoms with Crippen LogP contribution in [0, 0.1) is 0 Å². The van der Waals surface area contributed by atoms with Gasteiger partial charge in [0.2, 0.25) is 5.95 Å². The first-order valence-electron chi connectivity index (χ1n) is 9.70. The van der Waals surface area contributed by atoms with Crippen molar-refractivity contribution in [2.24, 2.45) is 0 Å². The van der Waals surface area contributed by atoms with Crippen molar-refractivity contribution >= 4 is 17.0 Å². The van der Waals surface area contributed by atoms with Gasteiger partial charge in [0, 0.05) is 42.7 Å². The molecule has 0 amide bonds. The third kappa shape index (κ3) is 3.55. The number of rotatable bonds is 4. The summed E-state index contributed by atoms with van der Waals surface area (Å²) in [4.78, 5) is 28.5. The molecule has 0 spiro atoms. The molecule has 0 unspecified atom stereocenters. The third-order valence-corrected chi connectivity index (χ3v) is 4.85. The molecule has 0 atom stereocenters. The molecule has 0 aliphatic carbocycles. The van der Waals surface area contributed by atoms with Gasteiger partial charge >= 0.3 is 0 Å². The monoisotopic (exact) mass is 401 g/mol. The summed E-state index contributed by atoms with van der Waals surface area (Å²) in [6.07, 6.45) is 5.91. The molecule has 1 aliphatic rings. The minimum absolute atomic E-state index is 0.256. The molecule has 2 N–H and O–H groups in total. The number of anilines is 1. The van der Waals surface area contributed by atoms with Gasteiger partial charge in [0.25, 0.3) is 5.56 Å². The average Bonchev–Trinajstić information content (AvgIpc) is 3.03. The van der Waals surface area contributed by atoms with Gasteiger partial charge in [-0.1, -0.05) is 12.1 Å². The highest BCUT2D eigenvalue weighted by Crippen LogP contribution is 2.30. The number of benzene rings is 1. The average molecular weight is 401 g/mol. The van der Waals surface area contributed by atoms with E-state index in [0.717, 1.165) is 34.6 Å². The lowest BCUT2D eigenvalue weighted by Gasteiger charge is -2.11. The Labute approximate surface area is 171 Å². The van der Waals surface area contributed by atoms with Gasteiger partial charge in [0.15, 0.2) is 17.1 Å². The number of H-pyrrole nitrogens is 1. The Bertz CT molecular complexity index is 1260. The summed E-state index contributed by atoms with van der Waals surface area (Å²) in [7, 11) is 0. The van der Waals surface area contributed by atoms with Crippen molar-refractivity contribution in [2.75, 3.05) is 18.5 Å². The van der Waals surface area contributed by atoms with Gasteiger partial charge in [-0.2, -0.15) is 4.98 Å². The standard InChI is InChI=1S/C22H19N5O3/c28-21-19-16(15-3-1-7-23-13-15)6-8-24-20(19)26-22(27-21)25-12-14-4-5-17-18(11-14)30-10-2-9-29-17/h1,3-8,11,13H,2,9-10,12H2,(H2,24,25,26,27,28). The fourth-order valence-electron chi connectivity index (χ4n) is 3.41. The van der Waals surface area contributed by atoms with Crippen LogP contribution >= 0.6 is 0 Å². The van der Waals surface area contributed by atoms with Crippen LogP contribution in [0.4, 0.5) is 5.95 Å². The summed E-state index contributed by atoms with van der Waals surface area (Å²) >= 11 is 0. The van der Waals surface area contributed by atoms with Gasteiger partial charge < -0.3 is 14.8 Å². The van der Waals surface area contributed by atoms with Crippen molar-refractivity contribution in [3.8, 4) is 22.6 Å². The quantitative estimate of drug-likeness (QED) is 0.541. The van der Waals surface area contributed by atoms with Crippen molar-refractivity contribution in [1.29, 1.82) is 0 Å². The molecule has 3 aromatic heterocycles. The first kappa shape index (κ1) is 18.1. The summed E-state index contributed by atoms with van der Waals surface area (Å²) in [5.41, 5.74) is 2.69. The van der Waals surface area contributed by atoms with Gasteiger partial charge in [-0.25, -0.2) is 4.98 Å². The lowest BCUT2D eigenvalue weighted by atomic mass is 10.1. The Balaban J connectivity index is 1.42. The van der Waals surface area contributed by atoms with E-state index >= 15 is 0 Å². The largest absolute Gasteiger partial charge is 0.490 e. The van der Waals surface area contributed by atoms with Crippen molar-refractivity contribution < 1.29 is 9.47 Å². The van der Waals surface area contributed by atoms with Gasteiger partial charge in [-0.05, 0) is 29.8 Å². The van der Waals surface area contributed by atoms with E-state index in [9.17, 15) is 4.79 Å². The molecule has 30 heavy (non-hydrogen) atoms. The highest BCUT2D eigenvalue weighted by Gasteiger charge is 2.13. The molecule has 0 radical (unpaired) electrons.